The van der Waals surface area contributed by atoms with E-state index >= 15 is 0 Å². The number of nitrogens with one attached hydrogen (secondary N) is 1. The molecule has 0 fully saturated rings. The van der Waals surface area contributed by atoms with E-state index in [0.29, 0.717) is 18.0 Å². The minimum Gasteiger partial charge on any atom is -0.497 e. The maximum atomic E-state index is 13.0. The highest BCUT2D eigenvalue weighted by atomic mass is 32.2. The Bertz CT molecular complexity index is 1010. The van der Waals surface area contributed by atoms with Gasteiger partial charge < -0.3 is 14.4 Å². The van der Waals surface area contributed by atoms with Crippen LogP contribution in [0, 0.1) is 0 Å². The fraction of sp³-hybridized carbons (Fsp3) is 0.316. The molecular formula is C19H22N2O5S2. The summed E-state index contributed by atoms with van der Waals surface area (Å²) in [5.74, 6) is 0.821. The van der Waals surface area contributed by atoms with E-state index in [9.17, 15) is 13.2 Å². The van der Waals surface area contributed by atoms with Crippen molar-refractivity contribution in [1.82, 2.24) is 0 Å². The SMILES string of the molecule is COc1ccc(OC)c(NS(=O)(=O)c2ccc3c(c2)SC(C)CN3C(C)=O)c1. The predicted octanol–water partition coefficient (Wildman–Crippen LogP) is 3.35. The molecule has 1 heterocycles. The quantitative estimate of drug-likeness (QED) is 0.795. The minimum atomic E-state index is -3.86. The van der Waals surface area contributed by atoms with Crippen molar-refractivity contribution in [2.24, 2.45) is 0 Å². The molecule has 9 heteroatoms. The molecule has 1 N–H and O–H groups in total. The summed E-state index contributed by atoms with van der Waals surface area (Å²) in [7, 11) is -0.894. The van der Waals surface area contributed by atoms with Gasteiger partial charge in [0.2, 0.25) is 5.91 Å². The van der Waals surface area contributed by atoms with Gasteiger partial charge in [0.05, 0.1) is 30.5 Å². The lowest BCUT2D eigenvalue weighted by Crippen LogP contribution is -2.37. The van der Waals surface area contributed by atoms with Crippen LogP contribution in [0.1, 0.15) is 13.8 Å². The number of carbonyl (C=O) groups excluding carboxylic acids is 1. The van der Waals surface area contributed by atoms with E-state index < -0.39 is 10.0 Å². The van der Waals surface area contributed by atoms with E-state index in [1.165, 1.54) is 27.2 Å². The van der Waals surface area contributed by atoms with Crippen molar-refractivity contribution >= 4 is 39.1 Å². The van der Waals surface area contributed by atoms with Gasteiger partial charge in [-0.15, -0.1) is 11.8 Å². The number of fused-ring (bicyclic) bond motifs is 1. The number of anilines is 2. The maximum absolute atomic E-state index is 13.0. The molecule has 28 heavy (non-hydrogen) atoms. The molecule has 0 saturated heterocycles. The molecule has 0 bridgehead atoms. The first kappa shape index (κ1) is 20.3. The van der Waals surface area contributed by atoms with E-state index in [1.807, 2.05) is 6.92 Å². The third kappa shape index (κ3) is 4.05. The number of sulfonamides is 1. The predicted molar refractivity (Wildman–Crippen MR) is 110 cm³/mol. The molecule has 1 atom stereocenters. The molecule has 1 unspecified atom stereocenters. The zero-order chi connectivity index (χ0) is 20.5. The van der Waals surface area contributed by atoms with Gasteiger partial charge in [-0.25, -0.2) is 8.42 Å². The Morgan fingerprint density at radius 1 is 1.18 bits per heavy atom. The van der Waals surface area contributed by atoms with Gasteiger partial charge in [-0.1, -0.05) is 6.92 Å². The number of nitrogens with zero attached hydrogens (tertiary/aromatic N) is 1. The summed E-state index contributed by atoms with van der Waals surface area (Å²) in [5, 5.41) is 0.167. The largest absolute Gasteiger partial charge is 0.497 e. The van der Waals surface area contributed by atoms with Gasteiger partial charge in [0.15, 0.2) is 0 Å². The summed E-state index contributed by atoms with van der Waals surface area (Å²) in [5.41, 5.74) is 1.01. The number of hydrogen-bond acceptors (Lipinski definition) is 6. The molecule has 7 nitrogen and oxygen atoms in total. The first-order chi connectivity index (χ1) is 13.2. The first-order valence-electron chi connectivity index (χ1n) is 8.59. The number of carbonyl (C=O) groups is 1. The summed E-state index contributed by atoms with van der Waals surface area (Å²) in [6.07, 6.45) is 0. The highest BCUT2D eigenvalue weighted by Gasteiger charge is 2.27. The highest BCUT2D eigenvalue weighted by Crippen LogP contribution is 2.40. The average molecular weight is 423 g/mol. The average Bonchev–Trinajstić information content (AvgIpc) is 2.66. The number of rotatable bonds is 5. The highest BCUT2D eigenvalue weighted by molar-refractivity contribution is 8.00. The van der Waals surface area contributed by atoms with Gasteiger partial charge >= 0.3 is 0 Å². The number of hydrogen-bond donors (Lipinski definition) is 1. The third-order valence-electron chi connectivity index (χ3n) is 4.33. The second kappa shape index (κ2) is 7.92. The number of amides is 1. The third-order valence-corrected chi connectivity index (χ3v) is 6.83. The molecule has 2 aromatic rings. The van der Waals surface area contributed by atoms with Crippen LogP contribution in [0.25, 0.3) is 0 Å². The van der Waals surface area contributed by atoms with Gasteiger partial charge in [0, 0.05) is 29.7 Å². The second-order valence-corrected chi connectivity index (χ2v) is 9.52. The summed E-state index contributed by atoms with van der Waals surface area (Å²) < 4.78 is 38.9. The van der Waals surface area contributed by atoms with E-state index in [0.717, 1.165) is 10.6 Å². The van der Waals surface area contributed by atoms with Crippen LogP contribution in [0.4, 0.5) is 11.4 Å². The van der Waals surface area contributed by atoms with Crippen LogP contribution in [-0.2, 0) is 14.8 Å². The van der Waals surface area contributed by atoms with Crippen molar-refractivity contribution in [2.75, 3.05) is 30.4 Å². The minimum absolute atomic E-state index is 0.0664. The monoisotopic (exact) mass is 422 g/mol. The summed E-state index contributed by atoms with van der Waals surface area (Å²) >= 11 is 1.55. The van der Waals surface area contributed by atoms with Gasteiger partial charge in [0.25, 0.3) is 10.0 Å². The standard InChI is InChI=1S/C19H22N2O5S2/c1-12-11-21(13(2)22)17-7-6-15(10-19(17)27-12)28(23,24)20-16-9-14(25-3)5-8-18(16)26-4/h5-10,12,20H,11H2,1-4H3. The van der Waals surface area contributed by atoms with Gasteiger partial charge in [-0.2, -0.15) is 0 Å². The molecule has 0 aromatic heterocycles. The lowest BCUT2D eigenvalue weighted by atomic mass is 10.2. The number of thioether (sulfide) groups is 1. The topological polar surface area (TPSA) is 84.9 Å². The zero-order valence-electron chi connectivity index (χ0n) is 16.1. The molecule has 1 aliphatic rings. The molecule has 0 spiro atoms. The van der Waals surface area contributed by atoms with Crippen molar-refractivity contribution in [3.05, 3.63) is 36.4 Å². The summed E-state index contributed by atoms with van der Waals surface area (Å²) in [6, 6.07) is 9.65. The first-order valence-corrected chi connectivity index (χ1v) is 10.9. The number of benzene rings is 2. The molecule has 1 aliphatic heterocycles. The second-order valence-electron chi connectivity index (χ2n) is 6.36. The molecule has 3 rings (SSSR count). The van der Waals surface area contributed by atoms with Crippen LogP contribution in [0.15, 0.2) is 46.2 Å². The van der Waals surface area contributed by atoms with Gasteiger partial charge in [-0.3, -0.25) is 9.52 Å². The summed E-state index contributed by atoms with van der Waals surface area (Å²) in [6.45, 7) is 4.11. The maximum Gasteiger partial charge on any atom is 0.262 e. The lowest BCUT2D eigenvalue weighted by Gasteiger charge is -2.32. The van der Waals surface area contributed by atoms with Crippen LogP contribution >= 0.6 is 11.8 Å². The Kier molecular flexibility index (Phi) is 5.76. The summed E-state index contributed by atoms with van der Waals surface area (Å²) in [4.78, 5) is 14.5. The molecule has 1 amide bonds. The van der Waals surface area contributed by atoms with Crippen molar-refractivity contribution < 1.29 is 22.7 Å². The molecule has 150 valence electrons. The van der Waals surface area contributed by atoms with E-state index in [2.05, 4.69) is 4.72 Å². The van der Waals surface area contributed by atoms with Crippen molar-refractivity contribution in [3.8, 4) is 11.5 Å². The Labute approximate surface area is 169 Å². The van der Waals surface area contributed by atoms with Crippen LogP contribution < -0.4 is 19.1 Å². The number of methoxy groups -OCH3 is 2. The van der Waals surface area contributed by atoms with Crippen LogP contribution in [0.5, 0.6) is 11.5 Å². The Morgan fingerprint density at radius 3 is 2.57 bits per heavy atom. The Hall–Kier alpha value is -2.39. The molecule has 0 saturated carbocycles. The van der Waals surface area contributed by atoms with E-state index in [1.54, 1.807) is 47.0 Å². The molecule has 2 aromatic carbocycles. The van der Waals surface area contributed by atoms with Crippen molar-refractivity contribution in [1.29, 1.82) is 0 Å². The van der Waals surface area contributed by atoms with Crippen LogP contribution in [-0.4, -0.2) is 40.3 Å². The molecule has 0 radical (unpaired) electrons. The van der Waals surface area contributed by atoms with Gasteiger partial charge in [-0.05, 0) is 30.3 Å². The molecular weight excluding hydrogens is 400 g/mol. The van der Waals surface area contributed by atoms with E-state index in [4.69, 9.17) is 9.47 Å². The Balaban J connectivity index is 1.98. The van der Waals surface area contributed by atoms with Crippen molar-refractivity contribution in [3.63, 3.8) is 0 Å². The van der Waals surface area contributed by atoms with Gasteiger partial charge in [0.1, 0.15) is 11.5 Å². The van der Waals surface area contributed by atoms with Crippen LogP contribution in [0.2, 0.25) is 0 Å². The smallest absolute Gasteiger partial charge is 0.262 e. The number of ether oxygens (including phenoxy) is 2. The zero-order valence-corrected chi connectivity index (χ0v) is 17.7. The van der Waals surface area contributed by atoms with Crippen molar-refractivity contribution in [2.45, 2.75) is 28.9 Å². The Morgan fingerprint density at radius 2 is 1.93 bits per heavy atom. The fourth-order valence-electron chi connectivity index (χ4n) is 2.98. The lowest BCUT2D eigenvalue weighted by molar-refractivity contribution is -0.116. The normalized spacial score (nSPS) is 16.3. The molecule has 0 aliphatic carbocycles. The van der Waals surface area contributed by atoms with E-state index in [-0.39, 0.29) is 21.7 Å². The fourth-order valence-corrected chi connectivity index (χ4v) is 5.30. The van der Waals surface area contributed by atoms with Crippen LogP contribution in [0.3, 0.4) is 0 Å².